The minimum absolute atomic E-state index is 0.342. The third-order valence-corrected chi connectivity index (χ3v) is 5.41. The Hall–Kier alpha value is -3.45. The Kier molecular flexibility index (Phi) is 6.43. The summed E-state index contributed by atoms with van der Waals surface area (Å²) in [6.07, 6.45) is 3.21. The molecule has 0 saturated carbocycles. The van der Waals surface area contributed by atoms with Crippen molar-refractivity contribution in [2.45, 2.75) is 27.0 Å². The van der Waals surface area contributed by atoms with Crippen LogP contribution in [0.4, 0.5) is 0 Å². The number of carbonyl (C=O) groups is 1. The molecule has 0 N–H and O–H groups in total. The third-order valence-electron chi connectivity index (χ3n) is 4.57. The Labute approximate surface area is 185 Å². The molecular formula is C24H23N3O3S. The van der Waals surface area contributed by atoms with Crippen LogP contribution in [0.1, 0.15) is 33.4 Å². The quantitative estimate of drug-likeness (QED) is 0.361. The van der Waals surface area contributed by atoms with E-state index in [0.717, 1.165) is 33.1 Å². The summed E-state index contributed by atoms with van der Waals surface area (Å²) in [5.41, 5.74) is 4.68. The van der Waals surface area contributed by atoms with Crippen molar-refractivity contribution in [1.29, 1.82) is 0 Å². The van der Waals surface area contributed by atoms with Gasteiger partial charge in [-0.15, -0.1) is 11.3 Å². The zero-order valence-electron chi connectivity index (χ0n) is 17.4. The van der Waals surface area contributed by atoms with Crippen LogP contribution < -0.4 is 4.74 Å². The predicted molar refractivity (Wildman–Crippen MR) is 120 cm³/mol. The zero-order valence-corrected chi connectivity index (χ0v) is 18.3. The van der Waals surface area contributed by atoms with Gasteiger partial charge in [-0.2, -0.15) is 5.10 Å². The second-order valence-corrected chi connectivity index (χ2v) is 8.03. The van der Waals surface area contributed by atoms with E-state index in [2.05, 4.69) is 30.2 Å². The molecule has 0 saturated heterocycles. The van der Waals surface area contributed by atoms with Gasteiger partial charge in [0.25, 0.3) is 0 Å². The van der Waals surface area contributed by atoms with Crippen LogP contribution >= 0.6 is 11.3 Å². The second-order valence-electron chi connectivity index (χ2n) is 7.08. The Morgan fingerprint density at radius 1 is 1.16 bits per heavy atom. The number of esters is 1. The lowest BCUT2D eigenvalue weighted by molar-refractivity contribution is 0.0526. The van der Waals surface area contributed by atoms with Gasteiger partial charge in [-0.05, 0) is 43.7 Å². The van der Waals surface area contributed by atoms with E-state index in [1.54, 1.807) is 29.1 Å². The van der Waals surface area contributed by atoms with Crippen molar-refractivity contribution in [3.63, 3.8) is 0 Å². The van der Waals surface area contributed by atoms with Gasteiger partial charge < -0.3 is 9.47 Å². The average molecular weight is 434 g/mol. The number of rotatable bonds is 8. The molecule has 0 aliphatic rings. The molecule has 0 unspecified atom stereocenters. The minimum Gasteiger partial charge on any atom is -0.489 e. The lowest BCUT2D eigenvalue weighted by Crippen LogP contribution is -2.04. The first-order chi connectivity index (χ1) is 15.1. The first-order valence-electron chi connectivity index (χ1n) is 10.0. The van der Waals surface area contributed by atoms with Gasteiger partial charge in [-0.1, -0.05) is 29.8 Å². The Morgan fingerprint density at radius 3 is 2.81 bits per heavy atom. The van der Waals surface area contributed by atoms with Gasteiger partial charge >= 0.3 is 5.97 Å². The van der Waals surface area contributed by atoms with Crippen LogP contribution in [0, 0.1) is 6.92 Å². The summed E-state index contributed by atoms with van der Waals surface area (Å²) in [5, 5.41) is 7.20. The predicted octanol–water partition coefficient (Wildman–Crippen LogP) is 5.12. The summed E-state index contributed by atoms with van der Waals surface area (Å²) in [7, 11) is 0. The first-order valence-corrected chi connectivity index (χ1v) is 10.9. The smallest absolute Gasteiger partial charge is 0.341 e. The molecule has 0 aliphatic carbocycles. The van der Waals surface area contributed by atoms with E-state index in [0.29, 0.717) is 25.3 Å². The minimum atomic E-state index is -0.362. The number of hydrogen-bond acceptors (Lipinski definition) is 6. The van der Waals surface area contributed by atoms with E-state index in [1.807, 2.05) is 35.7 Å². The zero-order chi connectivity index (χ0) is 21.6. The van der Waals surface area contributed by atoms with Crippen LogP contribution in [0.2, 0.25) is 0 Å². The number of aryl methyl sites for hydroxylation is 1. The lowest BCUT2D eigenvalue weighted by atomic mass is 10.1. The molecule has 158 valence electrons. The molecule has 0 bridgehead atoms. The maximum atomic E-state index is 11.8. The number of aromatic nitrogens is 3. The SMILES string of the molecule is CCOC(=O)c1cnn(Cc2nc(-c3cc(C)cc(COc4ccccc4)c3)cs2)c1. The number of nitrogens with zero attached hydrogens (tertiary/aromatic N) is 3. The van der Waals surface area contributed by atoms with Crippen LogP contribution in [-0.2, 0) is 17.9 Å². The number of ether oxygens (including phenoxy) is 2. The average Bonchev–Trinajstić information content (AvgIpc) is 3.43. The summed E-state index contributed by atoms with van der Waals surface area (Å²) in [4.78, 5) is 16.6. The molecule has 0 fully saturated rings. The Bertz CT molecular complexity index is 1170. The summed E-state index contributed by atoms with van der Waals surface area (Å²) in [5.74, 6) is 0.488. The first kappa shape index (κ1) is 20.8. The van der Waals surface area contributed by atoms with E-state index in [1.165, 1.54) is 6.20 Å². The molecule has 0 spiro atoms. The van der Waals surface area contributed by atoms with Crippen molar-refractivity contribution >= 4 is 17.3 Å². The van der Waals surface area contributed by atoms with Crippen molar-refractivity contribution in [1.82, 2.24) is 14.8 Å². The van der Waals surface area contributed by atoms with E-state index in [-0.39, 0.29) is 5.97 Å². The van der Waals surface area contributed by atoms with E-state index >= 15 is 0 Å². The normalized spacial score (nSPS) is 10.8. The summed E-state index contributed by atoms with van der Waals surface area (Å²) < 4.78 is 12.6. The van der Waals surface area contributed by atoms with Gasteiger partial charge in [0.2, 0.25) is 0 Å². The number of benzene rings is 2. The summed E-state index contributed by atoms with van der Waals surface area (Å²) in [6.45, 7) is 5.20. The van der Waals surface area contributed by atoms with Gasteiger partial charge in [0.05, 0.1) is 30.6 Å². The topological polar surface area (TPSA) is 66.2 Å². The van der Waals surface area contributed by atoms with Crippen molar-refractivity contribution in [3.05, 3.63) is 88.0 Å². The molecule has 2 aromatic carbocycles. The largest absolute Gasteiger partial charge is 0.489 e. The summed E-state index contributed by atoms with van der Waals surface area (Å²) in [6, 6.07) is 16.2. The maximum absolute atomic E-state index is 11.8. The molecule has 0 amide bonds. The summed E-state index contributed by atoms with van der Waals surface area (Å²) >= 11 is 1.57. The fourth-order valence-electron chi connectivity index (χ4n) is 3.20. The molecule has 0 atom stereocenters. The third kappa shape index (κ3) is 5.38. The molecule has 2 aromatic heterocycles. The molecule has 0 aliphatic heterocycles. The maximum Gasteiger partial charge on any atom is 0.341 e. The van der Waals surface area contributed by atoms with Crippen LogP contribution in [0.5, 0.6) is 5.75 Å². The molecule has 2 heterocycles. The van der Waals surface area contributed by atoms with Crippen molar-refractivity contribution in [3.8, 4) is 17.0 Å². The molecule has 0 radical (unpaired) electrons. The number of carbonyl (C=O) groups excluding carboxylic acids is 1. The standard InChI is InChI=1S/C24H23N3O3S/c1-3-29-24(28)20-12-25-27(13-20)14-23-26-22(16-31-23)19-10-17(2)9-18(11-19)15-30-21-7-5-4-6-8-21/h4-13,16H,3,14-15H2,1-2H3. The van der Waals surface area contributed by atoms with Gasteiger partial charge in [0.15, 0.2) is 0 Å². The molecule has 6 nitrogen and oxygen atoms in total. The van der Waals surface area contributed by atoms with E-state index in [4.69, 9.17) is 14.5 Å². The number of thiazole rings is 1. The molecule has 31 heavy (non-hydrogen) atoms. The van der Waals surface area contributed by atoms with Gasteiger partial charge in [-0.25, -0.2) is 9.78 Å². The van der Waals surface area contributed by atoms with Crippen LogP contribution in [0.3, 0.4) is 0 Å². The lowest BCUT2D eigenvalue weighted by Gasteiger charge is -2.09. The fourth-order valence-corrected chi connectivity index (χ4v) is 4.00. The van der Waals surface area contributed by atoms with Crippen LogP contribution in [-0.4, -0.2) is 27.3 Å². The fraction of sp³-hybridized carbons (Fsp3) is 0.208. The van der Waals surface area contributed by atoms with Crippen molar-refractivity contribution < 1.29 is 14.3 Å². The highest BCUT2D eigenvalue weighted by Gasteiger charge is 2.12. The number of hydrogen-bond donors (Lipinski definition) is 0. The van der Waals surface area contributed by atoms with Gasteiger partial charge in [0.1, 0.15) is 17.4 Å². The monoisotopic (exact) mass is 433 g/mol. The highest BCUT2D eigenvalue weighted by molar-refractivity contribution is 7.09. The molecular weight excluding hydrogens is 410 g/mol. The van der Waals surface area contributed by atoms with Gasteiger partial charge in [-0.3, -0.25) is 4.68 Å². The van der Waals surface area contributed by atoms with E-state index < -0.39 is 0 Å². The number of para-hydroxylation sites is 1. The molecule has 4 rings (SSSR count). The Morgan fingerprint density at radius 2 is 2.00 bits per heavy atom. The van der Waals surface area contributed by atoms with E-state index in [9.17, 15) is 4.79 Å². The van der Waals surface area contributed by atoms with Crippen LogP contribution in [0.15, 0.2) is 66.3 Å². The Balaban J connectivity index is 1.46. The second kappa shape index (κ2) is 9.57. The highest BCUT2D eigenvalue weighted by atomic mass is 32.1. The van der Waals surface area contributed by atoms with Crippen molar-refractivity contribution in [2.75, 3.05) is 6.61 Å². The highest BCUT2D eigenvalue weighted by Crippen LogP contribution is 2.25. The van der Waals surface area contributed by atoms with Crippen molar-refractivity contribution in [2.24, 2.45) is 0 Å². The molecule has 7 heteroatoms. The van der Waals surface area contributed by atoms with Crippen LogP contribution in [0.25, 0.3) is 11.3 Å². The van der Waals surface area contributed by atoms with Gasteiger partial charge in [0, 0.05) is 17.1 Å². The molecule has 4 aromatic rings.